The molecule has 0 saturated carbocycles. The third-order valence-corrected chi connectivity index (χ3v) is 6.33. The van der Waals surface area contributed by atoms with E-state index in [1.54, 1.807) is 12.1 Å². The SMILES string of the molecule is CC[NH+]1CCN(c2ccccc2NS(=O)(=O)c2ccc(C(F)(F)F)cc2)CC1. The second-order valence-corrected chi connectivity index (χ2v) is 8.42. The second kappa shape index (κ2) is 8.00. The Labute approximate surface area is 162 Å². The number of nitrogens with zero attached hydrogens (tertiary/aromatic N) is 1. The van der Waals surface area contributed by atoms with Crippen LogP contribution < -0.4 is 14.5 Å². The van der Waals surface area contributed by atoms with Gasteiger partial charge >= 0.3 is 6.18 Å². The Morgan fingerprint density at radius 1 is 1.04 bits per heavy atom. The third-order valence-electron chi connectivity index (χ3n) is 4.95. The van der Waals surface area contributed by atoms with Crippen LogP contribution in [0, 0.1) is 0 Å². The first-order chi connectivity index (χ1) is 13.2. The lowest BCUT2D eigenvalue weighted by atomic mass is 10.2. The maximum absolute atomic E-state index is 12.7. The van der Waals surface area contributed by atoms with E-state index in [1.165, 1.54) is 4.90 Å². The predicted molar refractivity (Wildman–Crippen MR) is 102 cm³/mol. The highest BCUT2D eigenvalue weighted by molar-refractivity contribution is 7.92. The summed E-state index contributed by atoms with van der Waals surface area (Å²) in [6.45, 7) is 6.74. The number of nitrogens with one attached hydrogen (secondary N) is 2. The minimum atomic E-state index is -4.51. The molecule has 0 bridgehead atoms. The minimum Gasteiger partial charge on any atom is -0.359 e. The molecule has 1 fully saturated rings. The monoisotopic (exact) mass is 414 g/mol. The summed E-state index contributed by atoms with van der Waals surface area (Å²) in [4.78, 5) is 3.42. The number of hydrogen-bond donors (Lipinski definition) is 2. The van der Waals surface area contributed by atoms with Gasteiger partial charge in [-0.15, -0.1) is 0 Å². The van der Waals surface area contributed by atoms with Gasteiger partial charge in [-0.05, 0) is 43.3 Å². The number of sulfonamides is 1. The largest absolute Gasteiger partial charge is 0.416 e. The first kappa shape index (κ1) is 20.5. The van der Waals surface area contributed by atoms with Crippen molar-refractivity contribution in [3.8, 4) is 0 Å². The molecule has 2 aromatic rings. The fraction of sp³-hybridized carbons (Fsp3) is 0.368. The first-order valence-electron chi connectivity index (χ1n) is 9.08. The molecule has 0 spiro atoms. The summed E-state index contributed by atoms with van der Waals surface area (Å²) in [5.41, 5.74) is 0.304. The van der Waals surface area contributed by atoms with Gasteiger partial charge in [-0.3, -0.25) is 4.72 Å². The minimum absolute atomic E-state index is 0.212. The molecule has 3 rings (SSSR count). The van der Waals surface area contributed by atoms with E-state index >= 15 is 0 Å². The number of rotatable bonds is 5. The van der Waals surface area contributed by atoms with Gasteiger partial charge in [0.05, 0.1) is 54.6 Å². The van der Waals surface area contributed by atoms with Crippen LogP contribution in [0.5, 0.6) is 0 Å². The summed E-state index contributed by atoms with van der Waals surface area (Å²) in [7, 11) is -4.00. The van der Waals surface area contributed by atoms with Gasteiger partial charge in [-0.2, -0.15) is 13.2 Å². The highest BCUT2D eigenvalue weighted by Gasteiger charge is 2.31. The zero-order valence-corrected chi connectivity index (χ0v) is 16.3. The van der Waals surface area contributed by atoms with Crippen LogP contribution in [0.15, 0.2) is 53.4 Å². The molecule has 1 heterocycles. The van der Waals surface area contributed by atoms with E-state index in [-0.39, 0.29) is 4.90 Å². The average molecular weight is 414 g/mol. The number of benzene rings is 2. The predicted octanol–water partition coefficient (Wildman–Crippen LogP) is 2.23. The van der Waals surface area contributed by atoms with Crippen LogP contribution >= 0.6 is 0 Å². The van der Waals surface area contributed by atoms with Crippen molar-refractivity contribution in [3.05, 3.63) is 54.1 Å². The van der Waals surface area contributed by atoms with E-state index in [1.807, 2.05) is 12.1 Å². The van der Waals surface area contributed by atoms with Crippen LogP contribution in [0.4, 0.5) is 24.5 Å². The van der Waals surface area contributed by atoms with E-state index in [0.29, 0.717) is 5.69 Å². The van der Waals surface area contributed by atoms with Crippen molar-refractivity contribution < 1.29 is 26.5 Å². The molecule has 9 heteroatoms. The van der Waals surface area contributed by atoms with Crippen molar-refractivity contribution in [1.29, 1.82) is 0 Å². The lowest BCUT2D eigenvalue weighted by molar-refractivity contribution is -0.898. The Bertz CT molecular complexity index is 907. The molecule has 0 atom stereocenters. The van der Waals surface area contributed by atoms with Crippen molar-refractivity contribution in [3.63, 3.8) is 0 Å². The van der Waals surface area contributed by atoms with Gasteiger partial charge in [0.25, 0.3) is 10.0 Å². The summed E-state index contributed by atoms with van der Waals surface area (Å²) in [5.74, 6) is 0. The molecule has 0 aromatic heterocycles. The van der Waals surface area contributed by atoms with Gasteiger partial charge < -0.3 is 9.80 Å². The van der Waals surface area contributed by atoms with E-state index in [2.05, 4.69) is 16.5 Å². The molecule has 0 aliphatic carbocycles. The van der Waals surface area contributed by atoms with E-state index < -0.39 is 21.8 Å². The Kier molecular flexibility index (Phi) is 5.85. The fourth-order valence-electron chi connectivity index (χ4n) is 3.28. The summed E-state index contributed by atoms with van der Waals surface area (Å²) >= 11 is 0. The smallest absolute Gasteiger partial charge is 0.359 e. The maximum atomic E-state index is 12.7. The number of quaternary nitrogens is 1. The van der Waals surface area contributed by atoms with Gasteiger partial charge in [0.1, 0.15) is 0 Å². The normalized spacial score (nSPS) is 16.2. The number of para-hydroxylation sites is 2. The average Bonchev–Trinajstić information content (AvgIpc) is 2.68. The van der Waals surface area contributed by atoms with Crippen LogP contribution in [-0.4, -0.2) is 41.1 Å². The molecule has 152 valence electrons. The van der Waals surface area contributed by atoms with Crippen molar-refractivity contribution in [2.24, 2.45) is 0 Å². The van der Waals surface area contributed by atoms with Crippen molar-refractivity contribution >= 4 is 21.4 Å². The fourth-order valence-corrected chi connectivity index (χ4v) is 4.35. The molecule has 1 aliphatic heterocycles. The highest BCUT2D eigenvalue weighted by Crippen LogP contribution is 2.31. The summed E-state index contributed by atoms with van der Waals surface area (Å²) in [5, 5.41) is 0. The standard InChI is InChI=1S/C19H22F3N3O2S/c1-2-24-11-13-25(14-12-24)18-6-4-3-5-17(18)23-28(26,27)16-9-7-15(8-10-16)19(20,21)22/h3-10,23H,2,11-14H2,1H3/p+1. The summed E-state index contributed by atoms with van der Waals surface area (Å²) in [6, 6.07) is 10.6. The zero-order chi connectivity index (χ0) is 20.4. The second-order valence-electron chi connectivity index (χ2n) is 6.74. The molecule has 0 unspecified atom stereocenters. The zero-order valence-electron chi connectivity index (χ0n) is 15.5. The van der Waals surface area contributed by atoms with E-state index in [0.717, 1.165) is 62.7 Å². The Hall–Kier alpha value is -2.26. The molecule has 0 radical (unpaired) electrons. The molecule has 28 heavy (non-hydrogen) atoms. The number of anilines is 2. The quantitative estimate of drug-likeness (QED) is 0.789. The maximum Gasteiger partial charge on any atom is 0.416 e. The Balaban J connectivity index is 1.81. The van der Waals surface area contributed by atoms with Gasteiger partial charge in [0.15, 0.2) is 0 Å². The number of piperazine rings is 1. The lowest BCUT2D eigenvalue weighted by Crippen LogP contribution is -3.14. The van der Waals surface area contributed by atoms with E-state index in [4.69, 9.17) is 0 Å². The Morgan fingerprint density at radius 2 is 1.64 bits per heavy atom. The van der Waals surface area contributed by atoms with Gasteiger partial charge in [0, 0.05) is 0 Å². The van der Waals surface area contributed by atoms with Crippen molar-refractivity contribution in [1.82, 2.24) is 0 Å². The third kappa shape index (κ3) is 4.59. The molecule has 2 N–H and O–H groups in total. The molecule has 2 aromatic carbocycles. The molecule has 1 aliphatic rings. The van der Waals surface area contributed by atoms with Gasteiger partial charge in [0.2, 0.25) is 0 Å². The summed E-state index contributed by atoms with van der Waals surface area (Å²) < 4.78 is 66.0. The molecule has 0 amide bonds. The molecular weight excluding hydrogens is 391 g/mol. The highest BCUT2D eigenvalue weighted by atomic mass is 32.2. The van der Waals surface area contributed by atoms with Crippen molar-refractivity contribution in [2.75, 3.05) is 42.3 Å². The van der Waals surface area contributed by atoms with Gasteiger partial charge in [-0.25, -0.2) is 8.42 Å². The van der Waals surface area contributed by atoms with Crippen LogP contribution in [0.1, 0.15) is 12.5 Å². The van der Waals surface area contributed by atoms with Crippen LogP contribution in [0.25, 0.3) is 0 Å². The molecular formula is C19H23F3N3O2S+. The lowest BCUT2D eigenvalue weighted by Gasteiger charge is -2.34. The van der Waals surface area contributed by atoms with Crippen LogP contribution in [0.2, 0.25) is 0 Å². The summed E-state index contributed by atoms with van der Waals surface area (Å²) in [6.07, 6.45) is -4.51. The number of alkyl halides is 3. The molecule has 5 nitrogen and oxygen atoms in total. The molecule has 1 saturated heterocycles. The topological polar surface area (TPSA) is 53.9 Å². The van der Waals surface area contributed by atoms with E-state index in [9.17, 15) is 21.6 Å². The van der Waals surface area contributed by atoms with Crippen LogP contribution in [0.3, 0.4) is 0 Å². The Morgan fingerprint density at radius 3 is 2.21 bits per heavy atom. The number of halogens is 3. The van der Waals surface area contributed by atoms with Crippen molar-refractivity contribution in [2.45, 2.75) is 18.0 Å². The van der Waals surface area contributed by atoms with Crippen LogP contribution in [-0.2, 0) is 16.2 Å². The van der Waals surface area contributed by atoms with Gasteiger partial charge in [-0.1, -0.05) is 12.1 Å². The first-order valence-corrected chi connectivity index (χ1v) is 10.6. The number of likely N-dealkylation sites (N-methyl/N-ethyl adjacent to an activating group) is 1. The number of hydrogen-bond acceptors (Lipinski definition) is 3.